The molecule has 2 heterocycles. The molecular formula is C22H24N4O4S. The summed E-state index contributed by atoms with van der Waals surface area (Å²) >= 11 is 0. The van der Waals surface area contributed by atoms with Gasteiger partial charge < -0.3 is 4.57 Å². The van der Waals surface area contributed by atoms with Gasteiger partial charge in [-0.2, -0.15) is 4.31 Å². The zero-order chi connectivity index (χ0) is 22.2. The maximum absolute atomic E-state index is 13.0. The summed E-state index contributed by atoms with van der Waals surface area (Å²) in [5.74, 6) is -1.02. The lowest BCUT2D eigenvalue weighted by Gasteiger charge is -2.23. The lowest BCUT2D eigenvalue weighted by molar-refractivity contribution is -0.125. The second kappa shape index (κ2) is 8.16. The van der Waals surface area contributed by atoms with Gasteiger partial charge in [0.1, 0.15) is 6.04 Å². The van der Waals surface area contributed by atoms with Gasteiger partial charge in [0.05, 0.1) is 10.5 Å². The Bertz CT molecular complexity index is 1250. The van der Waals surface area contributed by atoms with Gasteiger partial charge in [-0.15, -0.1) is 0 Å². The highest BCUT2D eigenvalue weighted by molar-refractivity contribution is 7.89. The van der Waals surface area contributed by atoms with Gasteiger partial charge in [0.25, 0.3) is 11.8 Å². The number of nitrogens with zero attached hydrogens (tertiary/aromatic N) is 2. The highest BCUT2D eigenvalue weighted by atomic mass is 32.2. The summed E-state index contributed by atoms with van der Waals surface area (Å²) in [4.78, 5) is 25.6. The molecule has 2 amide bonds. The molecule has 4 rings (SSSR count). The topological polar surface area (TPSA) is 101 Å². The number of para-hydroxylation sites is 1. The Labute approximate surface area is 180 Å². The molecule has 9 heteroatoms. The summed E-state index contributed by atoms with van der Waals surface area (Å²) in [6.45, 7) is 2.13. The molecule has 162 valence electrons. The van der Waals surface area contributed by atoms with Crippen LogP contribution in [0.5, 0.6) is 0 Å². The molecule has 3 aromatic rings. The van der Waals surface area contributed by atoms with Crippen molar-refractivity contribution in [3.05, 3.63) is 65.9 Å². The Morgan fingerprint density at radius 2 is 1.74 bits per heavy atom. The van der Waals surface area contributed by atoms with E-state index in [1.165, 1.54) is 4.31 Å². The lowest BCUT2D eigenvalue weighted by atomic mass is 10.2. The first-order chi connectivity index (χ1) is 14.8. The number of aromatic nitrogens is 1. The zero-order valence-electron chi connectivity index (χ0n) is 17.3. The van der Waals surface area contributed by atoms with E-state index >= 15 is 0 Å². The SMILES string of the molecule is Cc1ccc(S(=O)(=O)N2CCC[C@H]2C(=O)NNC(=O)c2cn(C)c3ccccc23)cc1. The van der Waals surface area contributed by atoms with Gasteiger partial charge in [0.15, 0.2) is 0 Å². The van der Waals surface area contributed by atoms with Gasteiger partial charge in [-0.3, -0.25) is 20.4 Å². The summed E-state index contributed by atoms with van der Waals surface area (Å²) in [7, 11) is -1.97. The normalized spacial score (nSPS) is 17.0. The minimum absolute atomic E-state index is 0.151. The van der Waals surface area contributed by atoms with Crippen molar-refractivity contribution in [2.45, 2.75) is 30.7 Å². The Kier molecular flexibility index (Phi) is 5.55. The molecule has 1 saturated heterocycles. The van der Waals surface area contributed by atoms with Crippen molar-refractivity contribution in [1.29, 1.82) is 0 Å². The van der Waals surface area contributed by atoms with Crippen molar-refractivity contribution in [2.24, 2.45) is 7.05 Å². The van der Waals surface area contributed by atoms with Crippen molar-refractivity contribution in [3.63, 3.8) is 0 Å². The number of fused-ring (bicyclic) bond motifs is 1. The summed E-state index contributed by atoms with van der Waals surface area (Å²) in [5.41, 5.74) is 7.10. The number of sulfonamides is 1. The van der Waals surface area contributed by atoms with Crippen molar-refractivity contribution >= 4 is 32.7 Å². The van der Waals surface area contributed by atoms with Crippen LogP contribution in [0.15, 0.2) is 59.6 Å². The number of carbonyl (C=O) groups is 2. The van der Waals surface area contributed by atoms with Crippen LogP contribution in [0.1, 0.15) is 28.8 Å². The van der Waals surface area contributed by atoms with Crippen LogP contribution < -0.4 is 10.9 Å². The average molecular weight is 441 g/mol. The first-order valence-corrected chi connectivity index (χ1v) is 11.5. The van der Waals surface area contributed by atoms with E-state index in [1.54, 1.807) is 30.5 Å². The minimum atomic E-state index is -3.81. The highest BCUT2D eigenvalue weighted by Gasteiger charge is 2.39. The van der Waals surface area contributed by atoms with Gasteiger partial charge >= 0.3 is 0 Å². The number of nitrogens with one attached hydrogen (secondary N) is 2. The fourth-order valence-corrected chi connectivity index (χ4v) is 5.58. The predicted octanol–water partition coefficient (Wildman–Crippen LogP) is 2.10. The third-order valence-corrected chi connectivity index (χ3v) is 7.50. The van der Waals surface area contributed by atoms with Crippen LogP contribution in [-0.2, 0) is 21.9 Å². The molecule has 2 aromatic carbocycles. The van der Waals surface area contributed by atoms with E-state index < -0.39 is 27.9 Å². The van der Waals surface area contributed by atoms with E-state index in [0.717, 1.165) is 16.5 Å². The maximum Gasteiger partial charge on any atom is 0.271 e. The van der Waals surface area contributed by atoms with Gasteiger partial charge in [-0.25, -0.2) is 8.42 Å². The van der Waals surface area contributed by atoms with E-state index in [1.807, 2.05) is 42.8 Å². The number of rotatable bonds is 4. The monoisotopic (exact) mass is 440 g/mol. The number of benzene rings is 2. The summed E-state index contributed by atoms with van der Waals surface area (Å²) < 4.78 is 29.1. The molecule has 0 spiro atoms. The third kappa shape index (κ3) is 3.94. The smallest absolute Gasteiger partial charge is 0.271 e. The third-order valence-electron chi connectivity index (χ3n) is 5.57. The summed E-state index contributed by atoms with van der Waals surface area (Å²) in [6, 6.07) is 13.1. The average Bonchev–Trinajstić information content (AvgIpc) is 3.38. The number of amides is 2. The first kappa shape index (κ1) is 21.1. The van der Waals surface area contributed by atoms with E-state index in [0.29, 0.717) is 18.4 Å². The van der Waals surface area contributed by atoms with E-state index in [4.69, 9.17) is 0 Å². The van der Waals surface area contributed by atoms with Crippen LogP contribution in [0.4, 0.5) is 0 Å². The largest absolute Gasteiger partial charge is 0.350 e. The van der Waals surface area contributed by atoms with Crippen LogP contribution in [-0.4, -0.2) is 41.7 Å². The number of hydrogen-bond acceptors (Lipinski definition) is 4. The molecule has 0 radical (unpaired) electrons. The maximum atomic E-state index is 13.0. The summed E-state index contributed by atoms with van der Waals surface area (Å²) in [5, 5.41) is 0.765. The van der Waals surface area contributed by atoms with E-state index in [9.17, 15) is 18.0 Å². The first-order valence-electron chi connectivity index (χ1n) is 10.0. The Morgan fingerprint density at radius 3 is 2.48 bits per heavy atom. The van der Waals surface area contributed by atoms with Gasteiger partial charge in [-0.1, -0.05) is 35.9 Å². The standard InChI is InChI=1S/C22H24N4O4S/c1-15-9-11-16(12-10-15)31(29,30)26-13-5-8-20(26)22(28)24-23-21(27)18-14-25(2)19-7-4-3-6-17(18)19/h3-4,6-7,9-12,14,20H,5,8,13H2,1-2H3,(H,23,27)(H,24,28)/t20-/m0/s1. The van der Waals surface area contributed by atoms with Crippen LogP contribution in [0.3, 0.4) is 0 Å². The van der Waals surface area contributed by atoms with Crippen molar-refractivity contribution in [1.82, 2.24) is 19.7 Å². The Morgan fingerprint density at radius 1 is 1.03 bits per heavy atom. The number of aryl methyl sites for hydroxylation is 2. The lowest BCUT2D eigenvalue weighted by Crippen LogP contribution is -2.51. The van der Waals surface area contributed by atoms with E-state index in [-0.39, 0.29) is 11.4 Å². The van der Waals surface area contributed by atoms with Crippen LogP contribution in [0.2, 0.25) is 0 Å². The fourth-order valence-electron chi connectivity index (χ4n) is 3.93. The van der Waals surface area contributed by atoms with Gasteiger partial charge in [-0.05, 0) is 38.0 Å². The van der Waals surface area contributed by atoms with Crippen LogP contribution >= 0.6 is 0 Å². The molecule has 31 heavy (non-hydrogen) atoms. The molecule has 2 N–H and O–H groups in total. The van der Waals surface area contributed by atoms with Crippen molar-refractivity contribution in [2.75, 3.05) is 6.54 Å². The Balaban J connectivity index is 1.47. The second-order valence-electron chi connectivity index (χ2n) is 7.70. The minimum Gasteiger partial charge on any atom is -0.350 e. The molecule has 0 unspecified atom stereocenters. The second-order valence-corrected chi connectivity index (χ2v) is 9.59. The molecule has 1 fully saturated rings. The van der Waals surface area contributed by atoms with Gasteiger partial charge in [0.2, 0.25) is 10.0 Å². The van der Waals surface area contributed by atoms with Crippen LogP contribution in [0, 0.1) is 6.92 Å². The number of carbonyl (C=O) groups excluding carboxylic acids is 2. The van der Waals surface area contributed by atoms with Crippen molar-refractivity contribution in [3.8, 4) is 0 Å². The molecule has 0 aliphatic carbocycles. The molecule has 1 aliphatic heterocycles. The van der Waals surface area contributed by atoms with E-state index in [2.05, 4.69) is 10.9 Å². The van der Waals surface area contributed by atoms with Crippen LogP contribution in [0.25, 0.3) is 10.9 Å². The molecule has 0 bridgehead atoms. The quantitative estimate of drug-likeness (QED) is 0.607. The molecule has 0 saturated carbocycles. The zero-order valence-corrected chi connectivity index (χ0v) is 18.1. The molecule has 8 nitrogen and oxygen atoms in total. The van der Waals surface area contributed by atoms with Gasteiger partial charge in [0, 0.05) is 30.7 Å². The summed E-state index contributed by atoms with van der Waals surface area (Å²) in [6.07, 6.45) is 2.65. The number of hydrogen-bond donors (Lipinski definition) is 2. The fraction of sp³-hybridized carbons (Fsp3) is 0.273. The highest BCUT2D eigenvalue weighted by Crippen LogP contribution is 2.26. The van der Waals surface area contributed by atoms with Crippen molar-refractivity contribution < 1.29 is 18.0 Å². The molecule has 1 atom stereocenters. The molecular weight excluding hydrogens is 416 g/mol. The Hall–Kier alpha value is -3.17. The molecule has 1 aromatic heterocycles. The predicted molar refractivity (Wildman–Crippen MR) is 117 cm³/mol. The number of hydrazine groups is 1. The molecule has 1 aliphatic rings.